The van der Waals surface area contributed by atoms with E-state index in [-0.39, 0.29) is 11.6 Å². The van der Waals surface area contributed by atoms with Crippen molar-refractivity contribution in [3.8, 4) is 0 Å². The van der Waals surface area contributed by atoms with Crippen molar-refractivity contribution in [2.75, 3.05) is 6.54 Å². The fraction of sp³-hybridized carbons (Fsp3) is 0.214. The van der Waals surface area contributed by atoms with Crippen molar-refractivity contribution in [3.63, 3.8) is 0 Å². The van der Waals surface area contributed by atoms with Crippen LogP contribution in [0.5, 0.6) is 0 Å². The zero-order valence-corrected chi connectivity index (χ0v) is 9.87. The van der Waals surface area contributed by atoms with Crippen LogP contribution in [0.2, 0.25) is 0 Å². The Bertz CT molecular complexity index is 515. The van der Waals surface area contributed by atoms with Gasteiger partial charge >= 0.3 is 0 Å². The summed E-state index contributed by atoms with van der Waals surface area (Å²) in [6.45, 7) is 1.16. The third-order valence-corrected chi connectivity index (χ3v) is 2.62. The molecule has 18 heavy (non-hydrogen) atoms. The molecule has 1 aromatic heterocycles. The molecule has 4 heteroatoms. The Labute approximate surface area is 105 Å². The maximum atomic E-state index is 13.3. The summed E-state index contributed by atoms with van der Waals surface area (Å²) in [6.07, 6.45) is 3.39. The predicted octanol–water partition coefficient (Wildman–Crippen LogP) is 2.69. The van der Waals surface area contributed by atoms with Crippen molar-refractivity contribution in [2.24, 2.45) is 0 Å². The zero-order valence-electron chi connectivity index (χ0n) is 9.87. The van der Waals surface area contributed by atoms with Crippen molar-refractivity contribution in [1.29, 1.82) is 0 Å². The standard InChI is InChI=1S/C14H14F2N2/c15-13-7-11(9-18-10-13)8-17-6-5-12-3-1-2-4-14(12)16/h1-4,7,9-10,17H,5-6,8H2. The first-order valence-electron chi connectivity index (χ1n) is 5.79. The van der Waals surface area contributed by atoms with Gasteiger partial charge in [-0.05, 0) is 36.2 Å². The molecule has 0 fully saturated rings. The molecular formula is C14H14F2N2. The van der Waals surface area contributed by atoms with Crippen LogP contribution in [0.25, 0.3) is 0 Å². The van der Waals surface area contributed by atoms with Gasteiger partial charge in [-0.25, -0.2) is 8.78 Å². The third-order valence-electron chi connectivity index (χ3n) is 2.62. The first-order chi connectivity index (χ1) is 8.75. The molecule has 0 spiro atoms. The molecule has 1 aromatic carbocycles. The van der Waals surface area contributed by atoms with Gasteiger partial charge in [0.2, 0.25) is 0 Å². The van der Waals surface area contributed by atoms with E-state index in [4.69, 9.17) is 0 Å². The van der Waals surface area contributed by atoms with E-state index >= 15 is 0 Å². The Kier molecular flexibility index (Phi) is 4.36. The second-order valence-corrected chi connectivity index (χ2v) is 4.03. The van der Waals surface area contributed by atoms with E-state index in [1.54, 1.807) is 18.3 Å². The number of rotatable bonds is 5. The van der Waals surface area contributed by atoms with Gasteiger partial charge in [-0.2, -0.15) is 0 Å². The van der Waals surface area contributed by atoms with Crippen LogP contribution in [0, 0.1) is 11.6 Å². The number of hydrogen-bond donors (Lipinski definition) is 1. The Morgan fingerprint density at radius 2 is 1.94 bits per heavy atom. The van der Waals surface area contributed by atoms with E-state index in [1.165, 1.54) is 18.3 Å². The van der Waals surface area contributed by atoms with E-state index in [0.717, 1.165) is 5.56 Å². The van der Waals surface area contributed by atoms with Gasteiger partial charge in [0.25, 0.3) is 0 Å². The highest BCUT2D eigenvalue weighted by molar-refractivity contribution is 5.17. The van der Waals surface area contributed by atoms with Gasteiger partial charge in [0.15, 0.2) is 0 Å². The molecule has 1 N–H and O–H groups in total. The summed E-state index contributed by atoms with van der Waals surface area (Å²) in [5.41, 5.74) is 1.46. The number of benzene rings is 1. The average molecular weight is 248 g/mol. The highest BCUT2D eigenvalue weighted by atomic mass is 19.1. The van der Waals surface area contributed by atoms with Gasteiger partial charge in [0, 0.05) is 12.7 Å². The summed E-state index contributed by atoms with van der Waals surface area (Å²) < 4.78 is 26.2. The molecule has 2 aromatic rings. The molecule has 94 valence electrons. The van der Waals surface area contributed by atoms with Crippen molar-refractivity contribution in [1.82, 2.24) is 10.3 Å². The minimum absolute atomic E-state index is 0.188. The number of pyridine rings is 1. The lowest BCUT2D eigenvalue weighted by molar-refractivity contribution is 0.594. The Balaban J connectivity index is 1.78. The van der Waals surface area contributed by atoms with Gasteiger partial charge < -0.3 is 5.32 Å². The van der Waals surface area contributed by atoms with Gasteiger partial charge in [-0.15, -0.1) is 0 Å². The molecule has 2 nitrogen and oxygen atoms in total. The number of hydrogen-bond acceptors (Lipinski definition) is 2. The molecule has 1 heterocycles. The highest BCUT2D eigenvalue weighted by Gasteiger charge is 2.00. The maximum Gasteiger partial charge on any atom is 0.141 e. The lowest BCUT2D eigenvalue weighted by atomic mass is 10.1. The SMILES string of the molecule is Fc1cncc(CNCCc2ccccc2F)c1. The van der Waals surface area contributed by atoms with Crippen LogP contribution in [0.15, 0.2) is 42.7 Å². The Morgan fingerprint density at radius 3 is 2.72 bits per heavy atom. The fourth-order valence-corrected chi connectivity index (χ4v) is 1.71. The molecule has 0 aliphatic heterocycles. The van der Waals surface area contributed by atoms with Crippen molar-refractivity contribution >= 4 is 0 Å². The molecule has 0 saturated carbocycles. The first-order valence-corrected chi connectivity index (χ1v) is 5.79. The molecule has 0 radical (unpaired) electrons. The van der Waals surface area contributed by atoms with E-state index < -0.39 is 0 Å². The van der Waals surface area contributed by atoms with Crippen LogP contribution in [0.4, 0.5) is 8.78 Å². The molecule has 0 aliphatic carbocycles. The summed E-state index contributed by atoms with van der Waals surface area (Å²) in [4.78, 5) is 3.76. The largest absolute Gasteiger partial charge is 0.312 e. The van der Waals surface area contributed by atoms with Crippen molar-refractivity contribution in [3.05, 3.63) is 65.5 Å². The summed E-state index contributed by atoms with van der Waals surface area (Å²) in [5, 5.41) is 3.13. The van der Waals surface area contributed by atoms with Crippen LogP contribution in [-0.4, -0.2) is 11.5 Å². The molecule has 2 rings (SSSR count). The molecule has 0 amide bonds. The second-order valence-electron chi connectivity index (χ2n) is 4.03. The lowest BCUT2D eigenvalue weighted by Crippen LogP contribution is -2.17. The topological polar surface area (TPSA) is 24.9 Å². The van der Waals surface area contributed by atoms with Crippen LogP contribution >= 0.6 is 0 Å². The third kappa shape index (κ3) is 3.60. The summed E-state index contributed by atoms with van der Waals surface area (Å²) in [5.74, 6) is -0.532. The molecule has 0 unspecified atom stereocenters. The molecular weight excluding hydrogens is 234 g/mol. The van der Waals surface area contributed by atoms with Crippen LogP contribution in [0.1, 0.15) is 11.1 Å². The van der Waals surface area contributed by atoms with E-state index in [2.05, 4.69) is 10.3 Å². The van der Waals surface area contributed by atoms with E-state index in [0.29, 0.717) is 25.1 Å². The number of aromatic nitrogens is 1. The minimum Gasteiger partial charge on any atom is -0.312 e. The van der Waals surface area contributed by atoms with Gasteiger partial charge in [0.05, 0.1) is 6.20 Å². The number of nitrogens with one attached hydrogen (secondary N) is 1. The normalized spacial score (nSPS) is 10.6. The fourth-order valence-electron chi connectivity index (χ4n) is 1.71. The van der Waals surface area contributed by atoms with Crippen LogP contribution in [-0.2, 0) is 13.0 Å². The van der Waals surface area contributed by atoms with Gasteiger partial charge in [-0.3, -0.25) is 4.98 Å². The quantitative estimate of drug-likeness (QED) is 0.823. The molecule has 0 bridgehead atoms. The van der Waals surface area contributed by atoms with Gasteiger partial charge in [-0.1, -0.05) is 18.2 Å². The summed E-state index contributed by atoms with van der Waals surface area (Å²) >= 11 is 0. The number of halogens is 2. The Hall–Kier alpha value is -1.81. The smallest absolute Gasteiger partial charge is 0.141 e. The van der Waals surface area contributed by atoms with Gasteiger partial charge in [0.1, 0.15) is 11.6 Å². The van der Waals surface area contributed by atoms with Crippen molar-refractivity contribution in [2.45, 2.75) is 13.0 Å². The molecule has 0 saturated heterocycles. The summed E-state index contributed by atoms with van der Waals surface area (Å²) in [7, 11) is 0. The first kappa shape index (κ1) is 12.6. The Morgan fingerprint density at radius 1 is 1.11 bits per heavy atom. The zero-order chi connectivity index (χ0) is 12.8. The second kappa shape index (κ2) is 6.21. The van der Waals surface area contributed by atoms with Crippen molar-refractivity contribution < 1.29 is 8.78 Å². The maximum absolute atomic E-state index is 13.3. The lowest BCUT2D eigenvalue weighted by Gasteiger charge is -2.05. The molecule has 0 aliphatic rings. The van der Waals surface area contributed by atoms with E-state index in [9.17, 15) is 8.78 Å². The highest BCUT2D eigenvalue weighted by Crippen LogP contribution is 2.06. The van der Waals surface area contributed by atoms with Crippen LogP contribution in [0.3, 0.4) is 0 Å². The predicted molar refractivity (Wildman–Crippen MR) is 66.0 cm³/mol. The number of nitrogens with zero attached hydrogens (tertiary/aromatic N) is 1. The average Bonchev–Trinajstić information content (AvgIpc) is 2.37. The minimum atomic E-state index is -0.344. The van der Waals surface area contributed by atoms with Crippen LogP contribution < -0.4 is 5.32 Å². The summed E-state index contributed by atoms with van der Waals surface area (Å²) in [6, 6.07) is 8.13. The monoisotopic (exact) mass is 248 g/mol. The van der Waals surface area contributed by atoms with E-state index in [1.807, 2.05) is 6.07 Å². The molecule has 0 atom stereocenters.